The highest BCUT2D eigenvalue weighted by Gasteiger charge is 2.52. The van der Waals surface area contributed by atoms with Gasteiger partial charge in [0, 0.05) is 6.42 Å². The lowest BCUT2D eigenvalue weighted by Gasteiger charge is -2.44. The van der Waals surface area contributed by atoms with Gasteiger partial charge in [0.05, 0.1) is 5.76 Å². The summed E-state index contributed by atoms with van der Waals surface area (Å²) < 4.78 is 7.02. The fourth-order valence-corrected chi connectivity index (χ4v) is 8.26. The third-order valence-corrected chi connectivity index (χ3v) is 9.92. The summed E-state index contributed by atoms with van der Waals surface area (Å²) in [6.07, 6.45) is 7.07. The normalized spacial score (nSPS) is 15.7. The second-order valence-electron chi connectivity index (χ2n) is 7.68. The zero-order chi connectivity index (χ0) is 17.0. The first-order valence-electron chi connectivity index (χ1n) is 9.03. The Bertz CT molecular complexity index is 643. The summed E-state index contributed by atoms with van der Waals surface area (Å²) in [6, 6.07) is 21.8. The topological polar surface area (TPSA) is 9.23 Å². The van der Waals surface area contributed by atoms with E-state index in [2.05, 4.69) is 87.5 Å². The van der Waals surface area contributed by atoms with Crippen molar-refractivity contribution in [2.45, 2.75) is 51.5 Å². The van der Waals surface area contributed by atoms with Crippen molar-refractivity contribution in [1.82, 2.24) is 0 Å². The molecule has 0 N–H and O–H groups in total. The van der Waals surface area contributed by atoms with Gasteiger partial charge < -0.3 is 4.43 Å². The van der Waals surface area contributed by atoms with E-state index >= 15 is 0 Å². The van der Waals surface area contributed by atoms with E-state index in [0.29, 0.717) is 0 Å². The lowest BCUT2D eigenvalue weighted by atomic mass is 10.1. The summed E-state index contributed by atoms with van der Waals surface area (Å²) in [5.41, 5.74) is 0. The van der Waals surface area contributed by atoms with Gasteiger partial charge >= 0.3 is 8.32 Å². The van der Waals surface area contributed by atoms with Crippen molar-refractivity contribution < 1.29 is 4.43 Å². The summed E-state index contributed by atoms with van der Waals surface area (Å²) in [4.78, 5) is 0. The Labute approximate surface area is 147 Å². The average Bonchev–Trinajstić information content (AvgIpc) is 2.61. The lowest BCUT2D eigenvalue weighted by molar-refractivity contribution is 0.362. The molecular formula is C22H28OSi. The smallest absolute Gasteiger partial charge is 0.319 e. The van der Waals surface area contributed by atoms with E-state index in [4.69, 9.17) is 4.43 Å². The van der Waals surface area contributed by atoms with E-state index in [1.807, 2.05) is 0 Å². The number of hydrogen-bond donors (Lipinski definition) is 0. The van der Waals surface area contributed by atoms with Crippen molar-refractivity contribution >= 4 is 18.7 Å². The Morgan fingerprint density at radius 3 is 1.75 bits per heavy atom. The van der Waals surface area contributed by atoms with Gasteiger partial charge in [-0.05, 0) is 40.8 Å². The summed E-state index contributed by atoms with van der Waals surface area (Å²) in [5, 5.41) is 2.76. The highest BCUT2D eigenvalue weighted by Crippen LogP contribution is 2.39. The molecule has 2 aromatic rings. The van der Waals surface area contributed by atoms with Gasteiger partial charge in [0.25, 0.3) is 0 Å². The van der Waals surface area contributed by atoms with Gasteiger partial charge in [-0.25, -0.2) is 0 Å². The fourth-order valence-electron chi connectivity index (χ4n) is 3.75. The largest absolute Gasteiger partial charge is 0.537 e. The zero-order valence-corrected chi connectivity index (χ0v) is 16.1. The van der Waals surface area contributed by atoms with E-state index in [-0.39, 0.29) is 5.04 Å². The van der Waals surface area contributed by atoms with Crippen molar-refractivity contribution in [1.29, 1.82) is 0 Å². The Hall–Kier alpha value is -1.80. The van der Waals surface area contributed by atoms with E-state index < -0.39 is 8.32 Å². The third kappa shape index (κ3) is 3.20. The Kier molecular flexibility index (Phi) is 4.95. The zero-order valence-electron chi connectivity index (χ0n) is 15.1. The van der Waals surface area contributed by atoms with Crippen LogP contribution in [0.4, 0.5) is 0 Å². The monoisotopic (exact) mass is 336 g/mol. The van der Waals surface area contributed by atoms with Crippen LogP contribution in [0.25, 0.3) is 0 Å². The molecule has 0 spiro atoms. The minimum Gasteiger partial charge on any atom is -0.537 e. The maximum atomic E-state index is 7.02. The third-order valence-electron chi connectivity index (χ3n) is 4.95. The van der Waals surface area contributed by atoms with Crippen LogP contribution in [-0.2, 0) is 4.43 Å². The highest BCUT2D eigenvalue weighted by atomic mass is 28.4. The molecule has 0 aromatic heterocycles. The van der Waals surface area contributed by atoms with Gasteiger partial charge in [-0.15, -0.1) is 0 Å². The Balaban J connectivity index is 2.19. The van der Waals surface area contributed by atoms with Crippen LogP contribution in [0.15, 0.2) is 72.5 Å². The minimum absolute atomic E-state index is 0.0496. The Morgan fingerprint density at radius 1 is 0.792 bits per heavy atom. The second kappa shape index (κ2) is 6.98. The molecule has 126 valence electrons. The molecule has 0 saturated carbocycles. The number of rotatable bonds is 4. The maximum Gasteiger partial charge on any atom is 0.319 e. The Morgan fingerprint density at radius 2 is 1.33 bits per heavy atom. The standard InChI is InChI=1S/C22H28OSi/c1-22(2,3)24(20-15-9-5-10-16-20,21-17-11-6-12-18-21)23-19-13-7-4-8-14-19/h5-6,9-13,15-18H,4,7-8,14H2,1-3H3. The van der Waals surface area contributed by atoms with Gasteiger partial charge in [0.2, 0.25) is 0 Å². The van der Waals surface area contributed by atoms with E-state index in [0.717, 1.165) is 12.8 Å². The predicted octanol–water partition coefficient (Wildman–Crippen LogP) is 5.02. The van der Waals surface area contributed by atoms with E-state index in [9.17, 15) is 0 Å². The van der Waals surface area contributed by atoms with Crippen LogP contribution < -0.4 is 10.4 Å². The molecule has 3 rings (SSSR count). The van der Waals surface area contributed by atoms with Crippen molar-refractivity contribution in [2.75, 3.05) is 0 Å². The van der Waals surface area contributed by atoms with E-state index in [1.165, 1.54) is 29.0 Å². The SMILES string of the molecule is CC(C)(C)[Si](OC1=CCCCC1)(c1ccccc1)c1ccccc1. The van der Waals surface area contributed by atoms with Gasteiger partial charge in [-0.1, -0.05) is 81.4 Å². The van der Waals surface area contributed by atoms with Crippen LogP contribution in [0.2, 0.25) is 5.04 Å². The van der Waals surface area contributed by atoms with Crippen LogP contribution in [0.1, 0.15) is 46.5 Å². The van der Waals surface area contributed by atoms with Crippen LogP contribution in [0, 0.1) is 0 Å². The molecule has 0 radical (unpaired) electrons. The summed E-state index contributed by atoms with van der Waals surface area (Å²) >= 11 is 0. The van der Waals surface area contributed by atoms with Crippen molar-refractivity contribution in [3.63, 3.8) is 0 Å². The summed E-state index contributed by atoms with van der Waals surface area (Å²) in [5.74, 6) is 1.20. The molecule has 0 saturated heterocycles. The maximum absolute atomic E-state index is 7.02. The highest BCUT2D eigenvalue weighted by molar-refractivity contribution is 6.99. The minimum atomic E-state index is -2.41. The number of hydrogen-bond acceptors (Lipinski definition) is 1. The molecule has 0 fully saturated rings. The fraction of sp³-hybridized carbons (Fsp3) is 0.364. The van der Waals surface area contributed by atoms with Crippen LogP contribution in [-0.4, -0.2) is 8.32 Å². The molecule has 0 atom stereocenters. The molecule has 0 unspecified atom stereocenters. The number of benzene rings is 2. The predicted molar refractivity (Wildman–Crippen MR) is 105 cm³/mol. The first-order chi connectivity index (χ1) is 11.5. The molecular weight excluding hydrogens is 308 g/mol. The van der Waals surface area contributed by atoms with E-state index in [1.54, 1.807) is 0 Å². The molecule has 0 amide bonds. The average molecular weight is 337 g/mol. The summed E-state index contributed by atoms with van der Waals surface area (Å²) in [6.45, 7) is 7.01. The van der Waals surface area contributed by atoms with Crippen molar-refractivity contribution in [2.24, 2.45) is 0 Å². The van der Waals surface area contributed by atoms with Gasteiger partial charge in [0.15, 0.2) is 0 Å². The molecule has 2 heteroatoms. The van der Waals surface area contributed by atoms with Crippen LogP contribution in [0.5, 0.6) is 0 Å². The summed E-state index contributed by atoms with van der Waals surface area (Å²) in [7, 11) is -2.41. The molecule has 1 aliphatic rings. The lowest BCUT2D eigenvalue weighted by Crippen LogP contribution is -2.66. The van der Waals surface area contributed by atoms with Crippen molar-refractivity contribution in [3.8, 4) is 0 Å². The molecule has 0 heterocycles. The molecule has 24 heavy (non-hydrogen) atoms. The molecule has 1 aliphatic carbocycles. The van der Waals surface area contributed by atoms with Crippen LogP contribution in [0.3, 0.4) is 0 Å². The van der Waals surface area contributed by atoms with Gasteiger partial charge in [-0.2, -0.15) is 0 Å². The molecule has 2 aromatic carbocycles. The van der Waals surface area contributed by atoms with Crippen LogP contribution >= 0.6 is 0 Å². The number of allylic oxidation sites excluding steroid dienone is 2. The molecule has 0 aliphatic heterocycles. The first kappa shape index (κ1) is 17.0. The first-order valence-corrected chi connectivity index (χ1v) is 10.9. The van der Waals surface area contributed by atoms with Gasteiger partial charge in [0.1, 0.15) is 0 Å². The quantitative estimate of drug-likeness (QED) is 0.712. The van der Waals surface area contributed by atoms with Crippen molar-refractivity contribution in [3.05, 3.63) is 72.5 Å². The molecule has 0 bridgehead atoms. The second-order valence-corrected chi connectivity index (χ2v) is 11.9. The van der Waals surface area contributed by atoms with Gasteiger partial charge in [-0.3, -0.25) is 0 Å². The molecule has 1 nitrogen and oxygen atoms in total.